The molecule has 2 rings (SSSR count). The fraction of sp³-hybridized carbons (Fsp3) is 0. The number of aromatic hydroxyl groups is 1. The van der Waals surface area contributed by atoms with E-state index in [0.29, 0.717) is 5.56 Å². The quantitative estimate of drug-likeness (QED) is 0.499. The molecule has 0 heterocycles. The molecule has 0 saturated heterocycles. The third-order valence-corrected chi connectivity index (χ3v) is 3.39. The Morgan fingerprint density at radius 2 is 1.84 bits per heavy atom. The molecule has 2 aromatic rings. The van der Waals surface area contributed by atoms with Gasteiger partial charge in [0.1, 0.15) is 5.75 Å². The fourth-order valence-electron chi connectivity index (χ4n) is 1.42. The van der Waals surface area contributed by atoms with E-state index in [0.717, 1.165) is 9.13 Å². The molecule has 0 fully saturated rings. The van der Waals surface area contributed by atoms with Crippen LogP contribution in [0.5, 0.6) is 5.75 Å². The SMILES string of the molecule is O=C(N/N=C/c1ccccc1I)c1ccc(O)cc1. The molecule has 5 heteroatoms. The van der Waals surface area contributed by atoms with E-state index in [2.05, 4.69) is 33.1 Å². The topological polar surface area (TPSA) is 61.7 Å². The van der Waals surface area contributed by atoms with Crippen LogP contribution >= 0.6 is 22.6 Å². The molecule has 2 aromatic carbocycles. The molecule has 0 radical (unpaired) electrons. The zero-order chi connectivity index (χ0) is 13.7. The van der Waals surface area contributed by atoms with Crippen molar-refractivity contribution in [3.63, 3.8) is 0 Å². The summed E-state index contributed by atoms with van der Waals surface area (Å²) in [5.41, 5.74) is 3.82. The summed E-state index contributed by atoms with van der Waals surface area (Å²) in [6, 6.07) is 13.7. The molecule has 2 N–H and O–H groups in total. The monoisotopic (exact) mass is 366 g/mol. The van der Waals surface area contributed by atoms with Crippen LogP contribution in [0.2, 0.25) is 0 Å². The van der Waals surface area contributed by atoms with Crippen molar-refractivity contribution in [1.82, 2.24) is 5.43 Å². The molecule has 0 spiro atoms. The summed E-state index contributed by atoms with van der Waals surface area (Å²) in [7, 11) is 0. The van der Waals surface area contributed by atoms with Crippen LogP contribution in [0.1, 0.15) is 15.9 Å². The Bertz CT molecular complexity index is 609. The zero-order valence-electron chi connectivity index (χ0n) is 9.88. The van der Waals surface area contributed by atoms with Gasteiger partial charge in [0.2, 0.25) is 0 Å². The molecular weight excluding hydrogens is 355 g/mol. The van der Waals surface area contributed by atoms with Crippen LogP contribution in [-0.2, 0) is 0 Å². The second-order valence-corrected chi connectivity index (χ2v) is 4.93. The van der Waals surface area contributed by atoms with Gasteiger partial charge in [-0.15, -0.1) is 0 Å². The zero-order valence-corrected chi connectivity index (χ0v) is 12.0. The van der Waals surface area contributed by atoms with Crippen LogP contribution in [0.4, 0.5) is 0 Å². The lowest BCUT2D eigenvalue weighted by Crippen LogP contribution is -2.17. The summed E-state index contributed by atoms with van der Waals surface area (Å²) in [5, 5.41) is 13.0. The Balaban J connectivity index is 2.01. The number of benzene rings is 2. The molecule has 0 atom stereocenters. The van der Waals surface area contributed by atoms with Gasteiger partial charge >= 0.3 is 0 Å². The molecule has 0 unspecified atom stereocenters. The molecule has 0 aliphatic rings. The summed E-state index contributed by atoms with van der Waals surface area (Å²) in [6.45, 7) is 0. The molecule has 0 aliphatic carbocycles. The van der Waals surface area contributed by atoms with E-state index in [9.17, 15) is 4.79 Å². The number of hydrogen-bond acceptors (Lipinski definition) is 3. The van der Waals surface area contributed by atoms with Gasteiger partial charge in [0.25, 0.3) is 5.91 Å². The van der Waals surface area contributed by atoms with E-state index < -0.39 is 0 Å². The lowest BCUT2D eigenvalue weighted by atomic mass is 10.2. The summed E-state index contributed by atoms with van der Waals surface area (Å²) in [4.78, 5) is 11.7. The van der Waals surface area contributed by atoms with Crippen LogP contribution < -0.4 is 5.43 Å². The number of hydrogen-bond donors (Lipinski definition) is 2. The molecule has 0 aromatic heterocycles. The Labute approximate surface area is 124 Å². The van der Waals surface area contributed by atoms with Crippen LogP contribution in [0.3, 0.4) is 0 Å². The van der Waals surface area contributed by atoms with Crippen LogP contribution in [0.25, 0.3) is 0 Å². The van der Waals surface area contributed by atoms with E-state index in [4.69, 9.17) is 5.11 Å². The minimum absolute atomic E-state index is 0.124. The number of phenols is 1. The largest absolute Gasteiger partial charge is 0.508 e. The average molecular weight is 366 g/mol. The smallest absolute Gasteiger partial charge is 0.271 e. The van der Waals surface area contributed by atoms with Gasteiger partial charge in [-0.25, -0.2) is 5.43 Å². The maximum atomic E-state index is 11.7. The van der Waals surface area contributed by atoms with E-state index in [-0.39, 0.29) is 11.7 Å². The van der Waals surface area contributed by atoms with Gasteiger partial charge in [-0.1, -0.05) is 18.2 Å². The van der Waals surface area contributed by atoms with Gasteiger partial charge in [0.15, 0.2) is 0 Å². The maximum Gasteiger partial charge on any atom is 0.271 e. The molecule has 1 amide bonds. The normalized spacial score (nSPS) is 10.6. The highest BCUT2D eigenvalue weighted by molar-refractivity contribution is 14.1. The predicted molar refractivity (Wildman–Crippen MR) is 82.3 cm³/mol. The molecule has 0 saturated carbocycles. The first kappa shape index (κ1) is 13.5. The molecular formula is C14H11IN2O2. The molecule has 0 aliphatic heterocycles. The first-order valence-electron chi connectivity index (χ1n) is 5.54. The number of phenolic OH excluding ortho intramolecular Hbond substituents is 1. The highest BCUT2D eigenvalue weighted by atomic mass is 127. The lowest BCUT2D eigenvalue weighted by Gasteiger charge is -2.00. The first-order chi connectivity index (χ1) is 9.16. The second-order valence-electron chi connectivity index (χ2n) is 3.77. The maximum absolute atomic E-state index is 11.7. The van der Waals surface area contributed by atoms with Gasteiger partial charge in [-0.3, -0.25) is 4.79 Å². The molecule has 4 nitrogen and oxygen atoms in total. The number of nitrogens with one attached hydrogen (secondary N) is 1. The second kappa shape index (κ2) is 6.33. The number of carbonyl (C=O) groups excluding carboxylic acids is 1. The highest BCUT2D eigenvalue weighted by Crippen LogP contribution is 2.10. The van der Waals surface area contributed by atoms with Gasteiger partial charge in [0.05, 0.1) is 6.21 Å². The Morgan fingerprint density at radius 1 is 1.16 bits per heavy atom. The Morgan fingerprint density at radius 3 is 2.53 bits per heavy atom. The standard InChI is InChI=1S/C14H11IN2O2/c15-13-4-2-1-3-11(13)9-16-17-14(19)10-5-7-12(18)8-6-10/h1-9,18H,(H,17,19)/b16-9+. The number of nitrogens with zero attached hydrogens (tertiary/aromatic N) is 1. The summed E-state index contributed by atoms with van der Waals surface area (Å²) in [6.07, 6.45) is 1.60. The molecule has 96 valence electrons. The molecule has 0 bridgehead atoms. The van der Waals surface area contributed by atoms with Crippen LogP contribution in [0, 0.1) is 3.57 Å². The van der Waals surface area contributed by atoms with Crippen molar-refractivity contribution in [1.29, 1.82) is 0 Å². The third-order valence-electron chi connectivity index (χ3n) is 2.40. The van der Waals surface area contributed by atoms with Crippen molar-refractivity contribution in [3.8, 4) is 5.75 Å². The summed E-state index contributed by atoms with van der Waals surface area (Å²) < 4.78 is 1.06. The minimum Gasteiger partial charge on any atom is -0.508 e. The average Bonchev–Trinajstić information content (AvgIpc) is 2.41. The van der Waals surface area contributed by atoms with Crippen molar-refractivity contribution in [2.24, 2.45) is 5.10 Å². The van der Waals surface area contributed by atoms with Crippen LogP contribution in [0.15, 0.2) is 53.6 Å². The molecule has 19 heavy (non-hydrogen) atoms. The van der Waals surface area contributed by atoms with Crippen molar-refractivity contribution < 1.29 is 9.90 Å². The number of amides is 1. The fourth-order valence-corrected chi connectivity index (χ4v) is 1.94. The van der Waals surface area contributed by atoms with E-state index in [1.165, 1.54) is 24.3 Å². The van der Waals surface area contributed by atoms with Crippen molar-refractivity contribution >= 4 is 34.7 Å². The van der Waals surface area contributed by atoms with E-state index >= 15 is 0 Å². The third kappa shape index (κ3) is 3.78. The van der Waals surface area contributed by atoms with Crippen molar-refractivity contribution in [2.45, 2.75) is 0 Å². The van der Waals surface area contributed by atoms with Gasteiger partial charge in [-0.05, 0) is 52.9 Å². The minimum atomic E-state index is -0.317. The van der Waals surface area contributed by atoms with Gasteiger partial charge in [-0.2, -0.15) is 5.10 Å². The van der Waals surface area contributed by atoms with Crippen LogP contribution in [-0.4, -0.2) is 17.2 Å². The highest BCUT2D eigenvalue weighted by Gasteiger charge is 2.03. The Kier molecular flexibility index (Phi) is 4.51. The number of hydrazone groups is 1. The number of carbonyl (C=O) groups is 1. The van der Waals surface area contributed by atoms with Crippen molar-refractivity contribution in [2.75, 3.05) is 0 Å². The van der Waals surface area contributed by atoms with Gasteiger partial charge < -0.3 is 5.11 Å². The van der Waals surface area contributed by atoms with E-state index in [1.54, 1.807) is 6.21 Å². The predicted octanol–water partition coefficient (Wildman–Crippen LogP) is 2.76. The summed E-state index contributed by atoms with van der Waals surface area (Å²) >= 11 is 2.20. The lowest BCUT2D eigenvalue weighted by molar-refractivity contribution is 0.0955. The van der Waals surface area contributed by atoms with Crippen molar-refractivity contribution in [3.05, 3.63) is 63.2 Å². The Hall–Kier alpha value is -1.89. The van der Waals surface area contributed by atoms with E-state index in [1.807, 2.05) is 24.3 Å². The summed E-state index contributed by atoms with van der Waals surface area (Å²) in [5.74, 6) is -0.193. The van der Waals surface area contributed by atoms with Gasteiger partial charge in [0, 0.05) is 14.7 Å². The number of rotatable bonds is 3. The number of halogens is 1. The first-order valence-corrected chi connectivity index (χ1v) is 6.61.